The summed E-state index contributed by atoms with van der Waals surface area (Å²) in [7, 11) is 1.83. The van der Waals surface area contributed by atoms with Crippen molar-refractivity contribution in [1.29, 1.82) is 0 Å². The Morgan fingerprint density at radius 2 is 2.09 bits per heavy atom. The molecule has 2 aliphatic rings. The van der Waals surface area contributed by atoms with Crippen molar-refractivity contribution in [2.75, 3.05) is 26.2 Å². The molecule has 33 heavy (non-hydrogen) atoms. The molecular weight excluding hydrogens is 436 g/mol. The Labute approximate surface area is 197 Å². The van der Waals surface area contributed by atoms with E-state index in [-0.39, 0.29) is 23.7 Å². The van der Waals surface area contributed by atoms with Crippen LogP contribution in [0.15, 0.2) is 53.5 Å². The van der Waals surface area contributed by atoms with Crippen molar-refractivity contribution in [2.24, 2.45) is 13.0 Å². The average Bonchev–Trinajstić information content (AvgIpc) is 3.48. The second kappa shape index (κ2) is 9.49. The summed E-state index contributed by atoms with van der Waals surface area (Å²) in [6.07, 6.45) is 4.92. The molecule has 8 heteroatoms. The quantitative estimate of drug-likeness (QED) is 0.541. The third kappa shape index (κ3) is 4.72. The maximum Gasteiger partial charge on any atom is 0.236 e. The first-order valence-electron chi connectivity index (χ1n) is 11.4. The number of Topliss-reactive ketones (excluding diaryl/α,β-unsaturated/α-hetero) is 1. The van der Waals surface area contributed by atoms with Gasteiger partial charge in [-0.15, -0.1) is 0 Å². The zero-order valence-corrected chi connectivity index (χ0v) is 19.5. The third-order valence-electron chi connectivity index (χ3n) is 6.52. The van der Waals surface area contributed by atoms with E-state index in [4.69, 9.17) is 4.74 Å². The summed E-state index contributed by atoms with van der Waals surface area (Å²) in [6.45, 7) is 2.76. The Kier molecular flexibility index (Phi) is 6.28. The molecule has 2 aliphatic heterocycles. The minimum absolute atomic E-state index is 0.0228. The molecule has 1 saturated heterocycles. The van der Waals surface area contributed by atoms with Crippen LogP contribution in [0.1, 0.15) is 40.7 Å². The van der Waals surface area contributed by atoms with Crippen molar-refractivity contribution in [2.45, 2.75) is 25.5 Å². The standard InChI is InChI=1S/C25H28N4O3S/c1-27-11-9-26-25(27)24(31)19-6-4-10-29(14-19)23(30)16-28-13-18-5-2-3-7-21(18)32-22(15-28)20-8-12-33-17-20/h2-3,5,7-9,11-12,17,19,22H,4,6,10,13-16H2,1H3/t19-,22+/m0/s1. The van der Waals surface area contributed by atoms with Gasteiger partial charge in [0.15, 0.2) is 5.82 Å². The van der Waals surface area contributed by atoms with Gasteiger partial charge in [-0.3, -0.25) is 14.5 Å². The first-order chi connectivity index (χ1) is 16.1. The Bertz CT molecular complexity index is 1130. The number of nitrogens with zero attached hydrogens (tertiary/aromatic N) is 4. The number of rotatable bonds is 5. The predicted octanol–water partition coefficient (Wildman–Crippen LogP) is 3.54. The van der Waals surface area contributed by atoms with Crippen LogP contribution in [0.3, 0.4) is 0 Å². The minimum atomic E-state index is -0.199. The summed E-state index contributed by atoms with van der Waals surface area (Å²) in [5, 5.41) is 4.16. The molecule has 0 spiro atoms. The largest absolute Gasteiger partial charge is 0.484 e. The Balaban J connectivity index is 1.29. The molecule has 3 aromatic rings. The first-order valence-corrected chi connectivity index (χ1v) is 12.3. The lowest BCUT2D eigenvalue weighted by molar-refractivity contribution is -0.134. The molecule has 172 valence electrons. The Morgan fingerprint density at radius 3 is 2.88 bits per heavy atom. The van der Waals surface area contributed by atoms with E-state index in [1.807, 2.05) is 30.1 Å². The number of thiophene rings is 1. The van der Waals surface area contributed by atoms with Gasteiger partial charge >= 0.3 is 0 Å². The van der Waals surface area contributed by atoms with E-state index in [0.717, 1.165) is 29.7 Å². The molecule has 0 unspecified atom stereocenters. The number of aryl methyl sites for hydroxylation is 1. The SMILES string of the molecule is Cn1ccnc1C(=O)[C@H]1CCCN(C(=O)CN2Cc3ccccc3O[C@@H](c3ccsc3)C2)C1. The van der Waals surface area contributed by atoms with Crippen molar-refractivity contribution >= 4 is 23.0 Å². The number of amides is 1. The van der Waals surface area contributed by atoms with Crippen molar-refractivity contribution in [3.8, 4) is 5.75 Å². The molecule has 1 aromatic carbocycles. The van der Waals surface area contributed by atoms with Gasteiger partial charge in [0.1, 0.15) is 11.9 Å². The molecule has 2 aromatic heterocycles. The number of ether oxygens (including phenoxy) is 1. The van der Waals surface area contributed by atoms with Crippen molar-refractivity contribution in [1.82, 2.24) is 19.4 Å². The molecule has 1 amide bonds. The van der Waals surface area contributed by atoms with Gasteiger partial charge in [-0.25, -0.2) is 4.98 Å². The number of para-hydroxylation sites is 1. The molecule has 5 rings (SSSR count). The van der Waals surface area contributed by atoms with Gasteiger partial charge < -0.3 is 14.2 Å². The second-order valence-corrected chi connectivity index (χ2v) is 9.63. The van der Waals surface area contributed by atoms with E-state index in [9.17, 15) is 9.59 Å². The summed E-state index contributed by atoms with van der Waals surface area (Å²) >= 11 is 1.65. The van der Waals surface area contributed by atoms with Crippen LogP contribution in [-0.4, -0.2) is 57.2 Å². The minimum Gasteiger partial charge on any atom is -0.484 e. The maximum absolute atomic E-state index is 13.3. The highest BCUT2D eigenvalue weighted by molar-refractivity contribution is 7.07. The summed E-state index contributed by atoms with van der Waals surface area (Å²) in [5.41, 5.74) is 2.22. The number of ketones is 1. The lowest BCUT2D eigenvalue weighted by Gasteiger charge is -2.33. The number of piperidine rings is 1. The maximum atomic E-state index is 13.3. The molecule has 0 bridgehead atoms. The van der Waals surface area contributed by atoms with E-state index in [0.29, 0.717) is 38.5 Å². The van der Waals surface area contributed by atoms with Gasteiger partial charge in [-0.2, -0.15) is 11.3 Å². The van der Waals surface area contributed by atoms with Gasteiger partial charge in [-0.05, 0) is 35.7 Å². The van der Waals surface area contributed by atoms with Crippen molar-refractivity contribution < 1.29 is 14.3 Å². The number of fused-ring (bicyclic) bond motifs is 1. The van der Waals surface area contributed by atoms with Gasteiger partial charge in [0.2, 0.25) is 11.7 Å². The fourth-order valence-corrected chi connectivity index (χ4v) is 5.43. The fourth-order valence-electron chi connectivity index (χ4n) is 4.73. The number of imidazole rings is 1. The number of hydrogen-bond donors (Lipinski definition) is 0. The third-order valence-corrected chi connectivity index (χ3v) is 7.22. The molecule has 7 nitrogen and oxygen atoms in total. The van der Waals surface area contributed by atoms with Crippen LogP contribution in [0, 0.1) is 5.92 Å². The van der Waals surface area contributed by atoms with E-state index >= 15 is 0 Å². The number of hydrogen-bond acceptors (Lipinski definition) is 6. The van der Waals surface area contributed by atoms with Gasteiger partial charge in [0.05, 0.1) is 6.54 Å². The molecule has 2 atom stereocenters. The summed E-state index contributed by atoms with van der Waals surface area (Å²) < 4.78 is 8.10. The Hall–Kier alpha value is -2.97. The van der Waals surface area contributed by atoms with Crippen LogP contribution in [0.25, 0.3) is 0 Å². The number of benzene rings is 1. The van der Waals surface area contributed by atoms with E-state index in [1.54, 1.807) is 28.3 Å². The summed E-state index contributed by atoms with van der Waals surface area (Å²) in [4.78, 5) is 34.5. The summed E-state index contributed by atoms with van der Waals surface area (Å²) in [5.74, 6) is 1.23. The van der Waals surface area contributed by atoms with Crippen LogP contribution >= 0.6 is 11.3 Å². The lowest BCUT2D eigenvalue weighted by Crippen LogP contribution is -2.47. The molecule has 0 radical (unpaired) electrons. The van der Waals surface area contributed by atoms with Crippen LogP contribution in [0.5, 0.6) is 5.75 Å². The average molecular weight is 465 g/mol. The van der Waals surface area contributed by atoms with Gasteiger partial charge in [0.25, 0.3) is 0 Å². The molecule has 0 aliphatic carbocycles. The highest BCUT2D eigenvalue weighted by Gasteiger charge is 2.32. The monoisotopic (exact) mass is 464 g/mol. The van der Waals surface area contributed by atoms with Crippen LogP contribution in [0.4, 0.5) is 0 Å². The molecular formula is C25H28N4O3S. The predicted molar refractivity (Wildman–Crippen MR) is 126 cm³/mol. The topological polar surface area (TPSA) is 67.7 Å². The van der Waals surface area contributed by atoms with Crippen LogP contribution < -0.4 is 4.74 Å². The lowest BCUT2D eigenvalue weighted by atomic mass is 9.93. The van der Waals surface area contributed by atoms with Crippen LogP contribution in [-0.2, 0) is 18.4 Å². The fraction of sp³-hybridized carbons (Fsp3) is 0.400. The molecule has 1 fully saturated rings. The molecule has 0 N–H and O–H groups in total. The zero-order chi connectivity index (χ0) is 22.8. The second-order valence-electron chi connectivity index (χ2n) is 8.85. The van der Waals surface area contributed by atoms with E-state index in [2.05, 4.69) is 32.8 Å². The number of carbonyl (C=O) groups excluding carboxylic acids is 2. The molecule has 0 saturated carbocycles. The van der Waals surface area contributed by atoms with Crippen LogP contribution in [0.2, 0.25) is 0 Å². The number of carbonyl (C=O) groups is 2. The Morgan fingerprint density at radius 1 is 1.21 bits per heavy atom. The smallest absolute Gasteiger partial charge is 0.236 e. The van der Waals surface area contributed by atoms with Gasteiger partial charge in [0, 0.05) is 62.7 Å². The first kappa shape index (κ1) is 21.9. The normalized spacial score (nSPS) is 21.2. The number of likely N-dealkylation sites (tertiary alicyclic amines) is 1. The van der Waals surface area contributed by atoms with Gasteiger partial charge in [-0.1, -0.05) is 18.2 Å². The van der Waals surface area contributed by atoms with Crippen molar-refractivity contribution in [3.05, 3.63) is 70.4 Å². The van der Waals surface area contributed by atoms with E-state index in [1.165, 1.54) is 0 Å². The molecule has 4 heterocycles. The van der Waals surface area contributed by atoms with E-state index < -0.39 is 0 Å². The van der Waals surface area contributed by atoms with Crippen molar-refractivity contribution in [3.63, 3.8) is 0 Å². The number of aromatic nitrogens is 2. The summed E-state index contributed by atoms with van der Waals surface area (Å²) in [6, 6.07) is 10.1. The highest BCUT2D eigenvalue weighted by Crippen LogP contribution is 2.32. The zero-order valence-electron chi connectivity index (χ0n) is 18.7. The highest BCUT2D eigenvalue weighted by atomic mass is 32.1.